The predicted molar refractivity (Wildman–Crippen MR) is 101 cm³/mol. The van der Waals surface area contributed by atoms with Gasteiger partial charge >= 0.3 is 0 Å². The molecule has 1 aromatic carbocycles. The summed E-state index contributed by atoms with van der Waals surface area (Å²) in [5.41, 5.74) is 6.24. The van der Waals surface area contributed by atoms with Crippen LogP contribution in [0.25, 0.3) is 11.4 Å². The van der Waals surface area contributed by atoms with E-state index in [1.807, 2.05) is 17.7 Å². The SMILES string of the molecule is CSc1sc(C(=N)N)cc1S(=O)(=O)c1cccc(-c2nccn2C)c1. The maximum Gasteiger partial charge on any atom is 0.208 e. The Balaban J connectivity index is 2.13. The Morgan fingerprint density at radius 1 is 1.36 bits per heavy atom. The van der Waals surface area contributed by atoms with E-state index in [0.717, 1.165) is 5.56 Å². The molecule has 2 heterocycles. The Bertz CT molecular complexity index is 1050. The number of thioether (sulfide) groups is 1. The Morgan fingerprint density at radius 3 is 2.72 bits per heavy atom. The van der Waals surface area contributed by atoms with Gasteiger partial charge in [0, 0.05) is 25.0 Å². The molecule has 0 amide bonds. The highest BCUT2D eigenvalue weighted by Crippen LogP contribution is 2.37. The quantitative estimate of drug-likeness (QED) is 0.395. The molecule has 130 valence electrons. The molecule has 0 atom stereocenters. The second-order valence-corrected chi connectivity index (χ2v) is 9.32. The lowest BCUT2D eigenvalue weighted by Gasteiger charge is -2.07. The van der Waals surface area contributed by atoms with Crippen molar-refractivity contribution in [1.82, 2.24) is 9.55 Å². The van der Waals surface area contributed by atoms with Crippen molar-refractivity contribution in [1.29, 1.82) is 5.41 Å². The molecule has 9 heteroatoms. The highest BCUT2D eigenvalue weighted by molar-refractivity contribution is 8.01. The summed E-state index contributed by atoms with van der Waals surface area (Å²) in [4.78, 5) is 5.09. The molecule has 0 unspecified atom stereocenters. The zero-order valence-electron chi connectivity index (χ0n) is 13.6. The number of nitrogens with two attached hydrogens (primary N) is 1. The number of benzene rings is 1. The summed E-state index contributed by atoms with van der Waals surface area (Å²) < 4.78 is 28.7. The van der Waals surface area contributed by atoms with Crippen molar-refractivity contribution in [2.75, 3.05) is 6.26 Å². The number of hydrogen-bond acceptors (Lipinski definition) is 6. The van der Waals surface area contributed by atoms with E-state index in [9.17, 15) is 8.42 Å². The minimum Gasteiger partial charge on any atom is -0.383 e. The second kappa shape index (κ2) is 6.66. The Labute approximate surface area is 154 Å². The van der Waals surface area contributed by atoms with Crippen LogP contribution in [0.2, 0.25) is 0 Å². The van der Waals surface area contributed by atoms with Crippen molar-refractivity contribution in [2.24, 2.45) is 12.8 Å². The van der Waals surface area contributed by atoms with E-state index in [-0.39, 0.29) is 15.6 Å². The maximum absolute atomic E-state index is 13.1. The Morgan fingerprint density at radius 2 is 2.12 bits per heavy atom. The third-order valence-electron chi connectivity index (χ3n) is 3.63. The second-order valence-electron chi connectivity index (χ2n) is 5.27. The number of thiophene rings is 1. The van der Waals surface area contributed by atoms with E-state index in [1.165, 1.54) is 29.2 Å². The monoisotopic (exact) mass is 392 g/mol. The minimum absolute atomic E-state index is 0.136. The van der Waals surface area contributed by atoms with Crippen LogP contribution in [-0.4, -0.2) is 30.1 Å². The standard InChI is InChI=1S/C16H16N4O2S3/c1-20-7-6-19-15(20)10-4-3-5-11(8-10)25(21,22)13-9-12(14(17)18)24-16(13)23-2/h3-9H,1-2H3,(H3,17,18). The average molecular weight is 393 g/mol. The number of nitrogens with one attached hydrogen (secondary N) is 1. The first-order chi connectivity index (χ1) is 11.8. The molecule has 3 aromatic rings. The molecule has 6 nitrogen and oxygen atoms in total. The van der Waals surface area contributed by atoms with E-state index < -0.39 is 9.84 Å². The fourth-order valence-electron chi connectivity index (χ4n) is 2.39. The number of hydrogen-bond donors (Lipinski definition) is 2. The van der Waals surface area contributed by atoms with Gasteiger partial charge in [0.25, 0.3) is 0 Å². The number of nitrogen functional groups attached to an aromatic ring is 1. The molecule has 0 saturated carbocycles. The lowest BCUT2D eigenvalue weighted by Crippen LogP contribution is -2.08. The molecule has 0 fully saturated rings. The third kappa shape index (κ3) is 3.22. The zero-order chi connectivity index (χ0) is 18.2. The van der Waals surface area contributed by atoms with Gasteiger partial charge in [-0.3, -0.25) is 5.41 Å². The molecule has 0 spiro atoms. The van der Waals surface area contributed by atoms with Crippen LogP contribution in [0, 0.1) is 5.41 Å². The van der Waals surface area contributed by atoms with Gasteiger partial charge in [0.05, 0.1) is 18.9 Å². The predicted octanol–water partition coefficient (Wildman–Crippen LogP) is 2.99. The summed E-state index contributed by atoms with van der Waals surface area (Å²) in [5.74, 6) is 0.556. The van der Waals surface area contributed by atoms with Gasteiger partial charge in [0.15, 0.2) is 0 Å². The molecular formula is C16H16N4O2S3. The summed E-state index contributed by atoms with van der Waals surface area (Å²) >= 11 is 2.54. The molecule has 0 aliphatic carbocycles. The molecule has 25 heavy (non-hydrogen) atoms. The molecule has 0 bridgehead atoms. The number of imidazole rings is 1. The highest BCUT2D eigenvalue weighted by atomic mass is 32.2. The summed E-state index contributed by atoms with van der Waals surface area (Å²) in [6.45, 7) is 0. The van der Waals surface area contributed by atoms with Crippen LogP contribution in [0.3, 0.4) is 0 Å². The Kier molecular flexibility index (Phi) is 4.72. The molecule has 3 N–H and O–H groups in total. The molecule has 3 rings (SSSR count). The summed E-state index contributed by atoms with van der Waals surface area (Å²) in [5, 5.41) is 7.56. The van der Waals surface area contributed by atoms with Gasteiger partial charge in [0.1, 0.15) is 11.7 Å². The number of nitrogens with zero attached hydrogens (tertiary/aromatic N) is 2. The van der Waals surface area contributed by atoms with Crippen LogP contribution in [0.1, 0.15) is 4.88 Å². The van der Waals surface area contributed by atoms with Gasteiger partial charge < -0.3 is 10.3 Å². The molecule has 0 radical (unpaired) electrons. The topological polar surface area (TPSA) is 102 Å². The summed E-state index contributed by atoms with van der Waals surface area (Å²) in [6.07, 6.45) is 5.28. The van der Waals surface area contributed by atoms with E-state index >= 15 is 0 Å². The van der Waals surface area contributed by atoms with Gasteiger partial charge in [-0.05, 0) is 24.5 Å². The molecular weight excluding hydrogens is 376 g/mol. The fraction of sp³-hybridized carbons (Fsp3) is 0.125. The van der Waals surface area contributed by atoms with Gasteiger partial charge in [-0.2, -0.15) is 0 Å². The molecule has 0 aliphatic rings. The summed E-state index contributed by atoms with van der Waals surface area (Å²) in [6, 6.07) is 8.19. The smallest absolute Gasteiger partial charge is 0.208 e. The van der Waals surface area contributed by atoms with Gasteiger partial charge in [-0.15, -0.1) is 23.1 Å². The van der Waals surface area contributed by atoms with Crippen LogP contribution in [0.4, 0.5) is 0 Å². The van der Waals surface area contributed by atoms with Crippen molar-refractivity contribution < 1.29 is 8.42 Å². The van der Waals surface area contributed by atoms with E-state index in [4.69, 9.17) is 11.1 Å². The van der Waals surface area contributed by atoms with Crippen LogP contribution in [0.5, 0.6) is 0 Å². The number of amidine groups is 1. The summed E-state index contributed by atoms with van der Waals surface area (Å²) in [7, 11) is -1.87. The van der Waals surface area contributed by atoms with Gasteiger partial charge in [-0.25, -0.2) is 13.4 Å². The van der Waals surface area contributed by atoms with Crippen LogP contribution in [0.15, 0.2) is 56.7 Å². The Hall–Kier alpha value is -2.10. The van der Waals surface area contributed by atoms with Crippen molar-refractivity contribution in [2.45, 2.75) is 14.0 Å². The van der Waals surface area contributed by atoms with Crippen LogP contribution >= 0.6 is 23.1 Å². The minimum atomic E-state index is -3.72. The third-order valence-corrected chi connectivity index (χ3v) is 7.97. The first-order valence-electron chi connectivity index (χ1n) is 7.19. The van der Waals surface area contributed by atoms with E-state index in [2.05, 4.69) is 4.98 Å². The largest absolute Gasteiger partial charge is 0.383 e. The van der Waals surface area contributed by atoms with Crippen LogP contribution in [-0.2, 0) is 16.9 Å². The highest BCUT2D eigenvalue weighted by Gasteiger charge is 2.25. The lowest BCUT2D eigenvalue weighted by atomic mass is 10.2. The van der Waals surface area contributed by atoms with Crippen molar-refractivity contribution in [3.8, 4) is 11.4 Å². The van der Waals surface area contributed by atoms with Crippen molar-refractivity contribution in [3.63, 3.8) is 0 Å². The molecule has 0 saturated heterocycles. The zero-order valence-corrected chi connectivity index (χ0v) is 16.0. The van der Waals surface area contributed by atoms with Gasteiger partial charge in [0.2, 0.25) is 9.84 Å². The first kappa shape index (κ1) is 17.7. The maximum atomic E-state index is 13.1. The molecule has 2 aromatic heterocycles. The van der Waals surface area contributed by atoms with Crippen molar-refractivity contribution >= 4 is 38.8 Å². The average Bonchev–Trinajstić information content (AvgIpc) is 3.21. The van der Waals surface area contributed by atoms with Crippen LogP contribution < -0.4 is 5.73 Å². The normalized spacial score (nSPS) is 11.6. The fourth-order valence-corrected chi connectivity index (χ4v) is 6.30. The van der Waals surface area contributed by atoms with Crippen molar-refractivity contribution in [3.05, 3.63) is 47.6 Å². The number of rotatable bonds is 5. The number of sulfone groups is 1. The number of aromatic nitrogens is 2. The van der Waals surface area contributed by atoms with Gasteiger partial charge in [-0.1, -0.05) is 12.1 Å². The number of aryl methyl sites for hydroxylation is 1. The lowest BCUT2D eigenvalue weighted by molar-refractivity contribution is 0.595. The van der Waals surface area contributed by atoms with E-state index in [1.54, 1.807) is 36.8 Å². The molecule has 0 aliphatic heterocycles. The first-order valence-corrected chi connectivity index (χ1v) is 10.7. The van der Waals surface area contributed by atoms with E-state index in [0.29, 0.717) is 14.9 Å².